The van der Waals surface area contributed by atoms with Crippen molar-refractivity contribution in [2.75, 3.05) is 26.3 Å². The molecule has 1 atom stereocenters. The van der Waals surface area contributed by atoms with Gasteiger partial charge in [0.1, 0.15) is 0 Å². The maximum absolute atomic E-state index is 5.22. The van der Waals surface area contributed by atoms with Gasteiger partial charge in [0.2, 0.25) is 0 Å². The van der Waals surface area contributed by atoms with E-state index < -0.39 is 0 Å². The van der Waals surface area contributed by atoms with Crippen molar-refractivity contribution < 1.29 is 4.74 Å². The van der Waals surface area contributed by atoms with Crippen LogP contribution in [0.15, 0.2) is 12.7 Å². The number of ether oxygens (including phenoxy) is 1. The third kappa shape index (κ3) is 1.82. The van der Waals surface area contributed by atoms with Crippen LogP contribution < -0.4 is 0 Å². The Labute approximate surface area is 62.5 Å². The topological polar surface area (TPSA) is 12.5 Å². The molecule has 0 spiro atoms. The van der Waals surface area contributed by atoms with Gasteiger partial charge in [0.15, 0.2) is 0 Å². The summed E-state index contributed by atoms with van der Waals surface area (Å²) in [5, 5.41) is 0. The Morgan fingerprint density at radius 3 is 2.60 bits per heavy atom. The van der Waals surface area contributed by atoms with E-state index in [-0.39, 0.29) is 0 Å². The predicted octanol–water partition coefficient (Wildman–Crippen LogP) is 0.893. The van der Waals surface area contributed by atoms with Crippen molar-refractivity contribution in [1.82, 2.24) is 4.90 Å². The van der Waals surface area contributed by atoms with Crippen molar-refractivity contribution in [2.24, 2.45) is 0 Å². The summed E-state index contributed by atoms with van der Waals surface area (Å²) in [6, 6.07) is 0.504. The van der Waals surface area contributed by atoms with E-state index in [9.17, 15) is 0 Å². The quantitative estimate of drug-likeness (QED) is 0.530. The molecule has 1 saturated heterocycles. The van der Waals surface area contributed by atoms with Crippen LogP contribution in [0.1, 0.15) is 6.92 Å². The van der Waals surface area contributed by atoms with Crippen LogP contribution in [0.3, 0.4) is 0 Å². The van der Waals surface area contributed by atoms with E-state index in [0.29, 0.717) is 6.04 Å². The summed E-state index contributed by atoms with van der Waals surface area (Å²) < 4.78 is 5.22. The number of hydrogen-bond acceptors (Lipinski definition) is 2. The summed E-state index contributed by atoms with van der Waals surface area (Å²) >= 11 is 0. The molecule has 1 unspecified atom stereocenters. The molecule has 1 heterocycles. The minimum absolute atomic E-state index is 0.504. The van der Waals surface area contributed by atoms with Gasteiger partial charge in [-0.25, -0.2) is 0 Å². The summed E-state index contributed by atoms with van der Waals surface area (Å²) in [5.41, 5.74) is 0. The maximum atomic E-state index is 5.22. The predicted molar refractivity (Wildman–Crippen MR) is 42.1 cm³/mol. The van der Waals surface area contributed by atoms with E-state index in [0.717, 1.165) is 26.3 Å². The van der Waals surface area contributed by atoms with E-state index in [1.165, 1.54) is 0 Å². The zero-order chi connectivity index (χ0) is 7.40. The highest BCUT2D eigenvalue weighted by Gasteiger charge is 2.13. The van der Waals surface area contributed by atoms with E-state index >= 15 is 0 Å². The molecule has 0 aliphatic carbocycles. The minimum atomic E-state index is 0.504. The molecular weight excluding hydrogens is 126 g/mol. The molecule has 2 nitrogen and oxygen atoms in total. The van der Waals surface area contributed by atoms with Gasteiger partial charge < -0.3 is 4.74 Å². The van der Waals surface area contributed by atoms with E-state index in [1.807, 2.05) is 6.08 Å². The number of nitrogens with zero attached hydrogens (tertiary/aromatic N) is 1. The lowest BCUT2D eigenvalue weighted by Crippen LogP contribution is -2.41. The molecule has 0 N–H and O–H groups in total. The summed E-state index contributed by atoms with van der Waals surface area (Å²) in [4.78, 5) is 2.37. The molecule has 1 fully saturated rings. The number of morpholine rings is 1. The van der Waals surface area contributed by atoms with Crippen molar-refractivity contribution in [3.8, 4) is 0 Å². The summed E-state index contributed by atoms with van der Waals surface area (Å²) in [7, 11) is 0. The average molecular weight is 141 g/mol. The van der Waals surface area contributed by atoms with Gasteiger partial charge in [-0.3, -0.25) is 4.90 Å². The lowest BCUT2D eigenvalue weighted by molar-refractivity contribution is 0.0287. The van der Waals surface area contributed by atoms with Gasteiger partial charge in [0.05, 0.1) is 13.2 Å². The SMILES string of the molecule is C=CC(C)N1CCOCC1. The van der Waals surface area contributed by atoms with Crippen molar-refractivity contribution in [3.05, 3.63) is 12.7 Å². The summed E-state index contributed by atoms with van der Waals surface area (Å²) in [6.07, 6.45) is 1.98. The summed E-state index contributed by atoms with van der Waals surface area (Å²) in [6.45, 7) is 9.76. The molecule has 0 saturated carbocycles. The van der Waals surface area contributed by atoms with Gasteiger partial charge in [-0.1, -0.05) is 6.08 Å². The van der Waals surface area contributed by atoms with Crippen LogP contribution in [-0.4, -0.2) is 37.2 Å². The number of hydrogen-bond donors (Lipinski definition) is 0. The molecule has 0 aromatic heterocycles. The van der Waals surface area contributed by atoms with Gasteiger partial charge in [-0.05, 0) is 6.92 Å². The lowest BCUT2D eigenvalue weighted by Gasteiger charge is -2.30. The van der Waals surface area contributed by atoms with Crippen LogP contribution in [0, 0.1) is 0 Å². The van der Waals surface area contributed by atoms with Crippen LogP contribution in [0.5, 0.6) is 0 Å². The fourth-order valence-corrected chi connectivity index (χ4v) is 1.13. The zero-order valence-electron chi connectivity index (χ0n) is 6.55. The minimum Gasteiger partial charge on any atom is -0.379 e. The van der Waals surface area contributed by atoms with Crippen molar-refractivity contribution in [2.45, 2.75) is 13.0 Å². The second-order valence-corrected chi connectivity index (χ2v) is 2.62. The Kier molecular flexibility index (Phi) is 2.90. The molecule has 10 heavy (non-hydrogen) atoms. The molecule has 0 bridgehead atoms. The Morgan fingerprint density at radius 1 is 1.50 bits per heavy atom. The molecule has 1 rings (SSSR count). The summed E-state index contributed by atoms with van der Waals surface area (Å²) in [5.74, 6) is 0. The van der Waals surface area contributed by atoms with Crippen LogP contribution >= 0.6 is 0 Å². The van der Waals surface area contributed by atoms with Gasteiger partial charge in [-0.2, -0.15) is 0 Å². The van der Waals surface area contributed by atoms with Crippen LogP contribution in [0.25, 0.3) is 0 Å². The fraction of sp³-hybridized carbons (Fsp3) is 0.750. The first-order chi connectivity index (χ1) is 4.84. The van der Waals surface area contributed by atoms with Gasteiger partial charge in [0.25, 0.3) is 0 Å². The first-order valence-corrected chi connectivity index (χ1v) is 3.79. The Morgan fingerprint density at radius 2 is 2.10 bits per heavy atom. The van der Waals surface area contributed by atoms with E-state index in [2.05, 4.69) is 18.4 Å². The third-order valence-electron chi connectivity index (χ3n) is 1.96. The van der Waals surface area contributed by atoms with Crippen LogP contribution in [0.2, 0.25) is 0 Å². The molecule has 0 amide bonds. The van der Waals surface area contributed by atoms with Gasteiger partial charge in [0, 0.05) is 19.1 Å². The monoisotopic (exact) mass is 141 g/mol. The first-order valence-electron chi connectivity index (χ1n) is 3.79. The van der Waals surface area contributed by atoms with E-state index in [1.54, 1.807) is 0 Å². The number of rotatable bonds is 2. The van der Waals surface area contributed by atoms with E-state index in [4.69, 9.17) is 4.74 Å². The highest BCUT2D eigenvalue weighted by atomic mass is 16.5. The Hall–Kier alpha value is -0.340. The van der Waals surface area contributed by atoms with Crippen LogP contribution in [-0.2, 0) is 4.74 Å². The molecule has 0 radical (unpaired) electrons. The molecule has 1 aliphatic heterocycles. The second-order valence-electron chi connectivity index (χ2n) is 2.62. The average Bonchev–Trinajstić information content (AvgIpc) is 2.05. The van der Waals surface area contributed by atoms with Crippen LogP contribution in [0.4, 0.5) is 0 Å². The third-order valence-corrected chi connectivity index (χ3v) is 1.96. The fourth-order valence-electron chi connectivity index (χ4n) is 1.13. The molecular formula is C8H15NO. The Balaban J connectivity index is 2.30. The largest absolute Gasteiger partial charge is 0.379 e. The lowest BCUT2D eigenvalue weighted by atomic mass is 10.2. The zero-order valence-corrected chi connectivity index (χ0v) is 6.55. The maximum Gasteiger partial charge on any atom is 0.0594 e. The molecule has 0 aromatic rings. The smallest absolute Gasteiger partial charge is 0.0594 e. The Bertz CT molecular complexity index is 108. The van der Waals surface area contributed by atoms with Crippen molar-refractivity contribution in [1.29, 1.82) is 0 Å². The molecule has 2 heteroatoms. The highest BCUT2D eigenvalue weighted by Crippen LogP contribution is 2.02. The molecule has 58 valence electrons. The molecule has 0 aromatic carbocycles. The van der Waals surface area contributed by atoms with Gasteiger partial charge in [-0.15, -0.1) is 6.58 Å². The second kappa shape index (κ2) is 3.74. The standard InChI is InChI=1S/C8H15NO/c1-3-8(2)9-4-6-10-7-5-9/h3,8H,1,4-7H2,2H3. The normalized spacial score (nSPS) is 24.1. The van der Waals surface area contributed by atoms with Crippen molar-refractivity contribution >= 4 is 0 Å². The van der Waals surface area contributed by atoms with Gasteiger partial charge >= 0.3 is 0 Å². The first kappa shape index (κ1) is 7.76. The molecule has 1 aliphatic rings. The van der Waals surface area contributed by atoms with Crippen molar-refractivity contribution in [3.63, 3.8) is 0 Å². The highest BCUT2D eigenvalue weighted by molar-refractivity contribution is 4.84.